The third kappa shape index (κ3) is 7.31. The van der Waals surface area contributed by atoms with Gasteiger partial charge in [-0.15, -0.1) is 0 Å². The first-order valence-corrected chi connectivity index (χ1v) is 27.5. The quantitative estimate of drug-likeness (QED) is 0.135. The zero-order valence-electron chi connectivity index (χ0n) is 46.0. The van der Waals surface area contributed by atoms with Crippen LogP contribution in [0.4, 0.5) is 51.3 Å². The Morgan fingerprint density at radius 1 is 0.397 bits per heavy atom. The van der Waals surface area contributed by atoms with Crippen LogP contribution in [0.25, 0.3) is 44.1 Å². The average molecular weight is 1010 g/mol. The molecular weight excluding hydrogens is 948 g/mol. The second-order valence-corrected chi connectivity index (χ2v) is 23.7. The van der Waals surface area contributed by atoms with Crippen LogP contribution in [-0.2, 0) is 17.9 Å². The summed E-state index contributed by atoms with van der Waals surface area (Å²) in [5, 5.41) is 3.73. The van der Waals surface area contributed by atoms with Crippen molar-refractivity contribution in [3.05, 3.63) is 241 Å². The van der Waals surface area contributed by atoms with Crippen LogP contribution in [0.1, 0.15) is 63.8 Å². The molecule has 9 aromatic carbocycles. The number of aryl methyl sites for hydroxylation is 3. The van der Waals surface area contributed by atoms with Gasteiger partial charge in [0.15, 0.2) is 0 Å². The van der Waals surface area contributed by atoms with Crippen molar-refractivity contribution in [3.63, 3.8) is 0 Å². The number of para-hydroxylation sites is 4. The first-order valence-electron chi connectivity index (χ1n) is 27.5. The SMILES string of the molecule is Cc1cn2c3c(ccc(N(c4ccccc4)c4ccccc4)c13)B1c3c-2cc(N(c2ccc(C(C)(C)C)cc2)c2cc4cc(C(C)(C)C)ccc4n2C)cc3-n2cc(C)c3c(N(c4ccccc4)c4ccccc4)ccc1c32. The summed E-state index contributed by atoms with van der Waals surface area (Å²) in [6, 6.07) is 76.7. The first kappa shape index (κ1) is 47.5. The van der Waals surface area contributed by atoms with Crippen molar-refractivity contribution in [2.75, 3.05) is 14.7 Å². The molecule has 0 bridgehead atoms. The largest absolute Gasteiger partial charge is 0.330 e. The summed E-state index contributed by atoms with van der Waals surface area (Å²) >= 11 is 0. The highest BCUT2D eigenvalue weighted by Gasteiger charge is 2.42. The van der Waals surface area contributed by atoms with E-state index in [-0.39, 0.29) is 17.5 Å². The fourth-order valence-electron chi connectivity index (χ4n) is 13.0. The predicted octanol–water partition coefficient (Wildman–Crippen LogP) is 16.8. The van der Waals surface area contributed by atoms with Crippen molar-refractivity contribution in [2.45, 2.75) is 66.2 Å². The van der Waals surface area contributed by atoms with Crippen LogP contribution in [0.2, 0.25) is 0 Å². The average Bonchev–Trinajstić information content (AvgIpc) is 2.72. The standard InChI is InChI=1S/C71H63BN6/c1-46-44-74-62-42-56(78(55-33-30-49(31-34-55)70(3,4)5)64-41-48-40-50(71(6,7)8)32-37-59(48)73(64)9)43-63-67(62)72(57-35-38-60(65(46)68(57)74)76(51-22-14-10-15-23-51)52-24-16-11-17-25-52)58-36-39-61(66-47(2)45-75(63)69(58)66)77(53-26-18-12-19-27-53)54-28-20-13-21-29-54/h10-45H,1-9H3. The molecule has 7 heteroatoms. The number of rotatable bonds is 9. The molecule has 5 heterocycles. The van der Waals surface area contributed by atoms with Crippen molar-refractivity contribution >= 4 is 107 Å². The number of hydrogen-bond acceptors (Lipinski definition) is 3. The van der Waals surface area contributed by atoms with Gasteiger partial charge in [-0.05, 0) is 166 Å². The van der Waals surface area contributed by atoms with Gasteiger partial charge >= 0.3 is 0 Å². The highest BCUT2D eigenvalue weighted by molar-refractivity contribution is 7.00. The molecule has 380 valence electrons. The second kappa shape index (κ2) is 17.6. The number of aromatic nitrogens is 3. The Morgan fingerprint density at radius 3 is 1.23 bits per heavy atom. The molecule has 0 amide bonds. The van der Waals surface area contributed by atoms with Crippen molar-refractivity contribution in [1.29, 1.82) is 0 Å². The van der Waals surface area contributed by atoms with Gasteiger partial charge in [0, 0.05) is 80.9 Å². The van der Waals surface area contributed by atoms with Crippen molar-refractivity contribution in [2.24, 2.45) is 7.05 Å². The second-order valence-electron chi connectivity index (χ2n) is 23.7. The summed E-state index contributed by atoms with van der Waals surface area (Å²) < 4.78 is 7.46. The van der Waals surface area contributed by atoms with Crippen LogP contribution in [0, 0.1) is 13.8 Å². The molecule has 78 heavy (non-hydrogen) atoms. The lowest BCUT2D eigenvalue weighted by molar-refractivity contribution is 0.590. The molecule has 6 nitrogen and oxygen atoms in total. The van der Waals surface area contributed by atoms with Gasteiger partial charge in [-0.3, -0.25) is 4.90 Å². The Morgan fingerprint density at radius 2 is 0.808 bits per heavy atom. The monoisotopic (exact) mass is 1010 g/mol. The number of fused-ring (bicyclic) bond motifs is 5. The van der Waals surface area contributed by atoms with Crippen LogP contribution in [0.5, 0.6) is 0 Å². The van der Waals surface area contributed by atoms with Gasteiger partial charge in [0.2, 0.25) is 0 Å². The molecule has 0 atom stereocenters. The maximum Gasteiger partial charge on any atom is 0.252 e. The third-order valence-corrected chi connectivity index (χ3v) is 16.7. The predicted molar refractivity (Wildman–Crippen MR) is 332 cm³/mol. The van der Waals surface area contributed by atoms with Gasteiger partial charge < -0.3 is 23.5 Å². The van der Waals surface area contributed by atoms with Gasteiger partial charge in [0.25, 0.3) is 6.71 Å². The summed E-state index contributed by atoms with van der Waals surface area (Å²) in [4.78, 5) is 7.38. The number of anilines is 9. The van der Waals surface area contributed by atoms with E-state index < -0.39 is 0 Å². The van der Waals surface area contributed by atoms with Crippen molar-refractivity contribution in [1.82, 2.24) is 13.7 Å². The molecule has 0 aliphatic carbocycles. The highest BCUT2D eigenvalue weighted by Crippen LogP contribution is 2.48. The summed E-state index contributed by atoms with van der Waals surface area (Å²) in [6.07, 6.45) is 4.81. The molecule has 14 rings (SSSR count). The van der Waals surface area contributed by atoms with Gasteiger partial charge in [-0.1, -0.05) is 145 Å². The van der Waals surface area contributed by atoms with E-state index in [1.165, 1.54) is 82.7 Å². The minimum atomic E-state index is -0.0579. The molecule has 3 aromatic heterocycles. The Labute approximate surface area is 458 Å². The van der Waals surface area contributed by atoms with E-state index in [0.29, 0.717) is 0 Å². The molecule has 0 N–H and O–H groups in total. The number of nitrogens with zero attached hydrogens (tertiary/aromatic N) is 6. The van der Waals surface area contributed by atoms with E-state index in [2.05, 4.69) is 309 Å². The van der Waals surface area contributed by atoms with Crippen molar-refractivity contribution < 1.29 is 0 Å². The van der Waals surface area contributed by atoms with E-state index in [0.717, 1.165) is 51.3 Å². The minimum Gasteiger partial charge on any atom is -0.330 e. The maximum atomic E-state index is 2.54. The van der Waals surface area contributed by atoms with E-state index in [4.69, 9.17) is 0 Å². The Bertz CT molecular complexity index is 4030. The van der Waals surface area contributed by atoms with Gasteiger partial charge in [0.1, 0.15) is 5.82 Å². The normalized spacial score (nSPS) is 12.7. The molecule has 0 unspecified atom stereocenters. The summed E-state index contributed by atoms with van der Waals surface area (Å²) in [7, 11) is 2.23. The van der Waals surface area contributed by atoms with E-state index in [1.54, 1.807) is 0 Å². The molecule has 0 radical (unpaired) electrons. The summed E-state index contributed by atoms with van der Waals surface area (Å²) in [5.41, 5.74) is 24.1. The van der Waals surface area contributed by atoms with Gasteiger partial charge in [-0.25, -0.2) is 0 Å². The Hall–Kier alpha value is -8.94. The van der Waals surface area contributed by atoms with Gasteiger partial charge in [0.05, 0.1) is 28.1 Å². The topological polar surface area (TPSA) is 24.5 Å². The van der Waals surface area contributed by atoms with Gasteiger partial charge in [-0.2, -0.15) is 0 Å². The van der Waals surface area contributed by atoms with Crippen LogP contribution in [0.3, 0.4) is 0 Å². The third-order valence-electron chi connectivity index (χ3n) is 16.7. The fourth-order valence-corrected chi connectivity index (χ4v) is 13.0. The minimum absolute atomic E-state index is 0.00161. The summed E-state index contributed by atoms with van der Waals surface area (Å²) in [6.45, 7) is 18.3. The summed E-state index contributed by atoms with van der Waals surface area (Å²) in [5.74, 6) is 1.10. The van der Waals surface area contributed by atoms with Crippen LogP contribution in [0.15, 0.2) is 219 Å². The van der Waals surface area contributed by atoms with Crippen LogP contribution < -0.4 is 31.1 Å². The lowest BCUT2D eigenvalue weighted by atomic mass is 9.34. The molecule has 0 fully saturated rings. The Balaban J connectivity index is 1.08. The Kier molecular flexibility index (Phi) is 10.7. The lowest BCUT2D eigenvalue weighted by Crippen LogP contribution is -2.59. The molecule has 0 saturated heterocycles. The number of hydrogen-bond donors (Lipinski definition) is 0. The van der Waals surface area contributed by atoms with E-state index in [9.17, 15) is 0 Å². The smallest absolute Gasteiger partial charge is 0.252 e. The maximum absolute atomic E-state index is 2.54. The van der Waals surface area contributed by atoms with Crippen molar-refractivity contribution in [3.8, 4) is 11.4 Å². The van der Waals surface area contributed by atoms with E-state index >= 15 is 0 Å². The zero-order valence-corrected chi connectivity index (χ0v) is 46.0. The fraction of sp³-hybridized carbons (Fsp3) is 0.155. The molecule has 2 aliphatic heterocycles. The van der Waals surface area contributed by atoms with E-state index in [1.807, 2.05) is 0 Å². The molecular formula is C71H63BN6. The number of benzene rings is 9. The van der Waals surface area contributed by atoms with Crippen LogP contribution in [-0.4, -0.2) is 20.4 Å². The lowest BCUT2D eigenvalue weighted by Gasteiger charge is -2.36. The van der Waals surface area contributed by atoms with Crippen LogP contribution >= 0.6 is 0 Å². The zero-order chi connectivity index (χ0) is 53.4. The molecule has 0 saturated carbocycles. The highest BCUT2D eigenvalue weighted by atomic mass is 15.2. The molecule has 0 spiro atoms. The molecule has 2 aliphatic rings. The first-order chi connectivity index (χ1) is 37.7. The molecule has 12 aromatic rings.